The molecule has 1 aliphatic rings. The third-order valence-electron chi connectivity index (χ3n) is 4.28. The van der Waals surface area contributed by atoms with E-state index in [9.17, 15) is 4.79 Å². The van der Waals surface area contributed by atoms with Crippen LogP contribution in [0.25, 0.3) is 0 Å². The molecule has 0 radical (unpaired) electrons. The van der Waals surface area contributed by atoms with E-state index in [0.717, 1.165) is 37.4 Å². The quantitative estimate of drug-likeness (QED) is 0.676. The Hall–Kier alpha value is -1.42. The van der Waals surface area contributed by atoms with E-state index < -0.39 is 5.60 Å². The fraction of sp³-hybridized carbons (Fsp3) is 0.650. The molecular weight excluding hydrogens is 336 g/mol. The van der Waals surface area contributed by atoms with Gasteiger partial charge in [-0.2, -0.15) is 0 Å². The van der Waals surface area contributed by atoms with Gasteiger partial charge in [-0.1, -0.05) is 24.4 Å². The van der Waals surface area contributed by atoms with Crippen molar-refractivity contribution in [2.24, 2.45) is 0 Å². The number of aryl methyl sites for hydroxylation is 1. The van der Waals surface area contributed by atoms with Crippen molar-refractivity contribution in [3.8, 4) is 0 Å². The second kappa shape index (κ2) is 9.33. The summed E-state index contributed by atoms with van der Waals surface area (Å²) in [6.45, 7) is 8.53. The maximum absolute atomic E-state index is 11.5. The van der Waals surface area contributed by atoms with Crippen LogP contribution >= 0.6 is 11.6 Å². The van der Waals surface area contributed by atoms with Crippen LogP contribution in [0.4, 0.5) is 10.5 Å². The molecule has 0 unspecified atom stereocenters. The third kappa shape index (κ3) is 7.15. The summed E-state index contributed by atoms with van der Waals surface area (Å²) in [5, 5.41) is 3.65. The highest BCUT2D eigenvalue weighted by molar-refractivity contribution is 6.30. The number of alkyl carbamates (subject to hydrolysis) is 1. The molecule has 0 spiro atoms. The normalized spacial score (nSPS) is 14.2. The van der Waals surface area contributed by atoms with Crippen molar-refractivity contribution in [3.05, 3.63) is 28.8 Å². The van der Waals surface area contributed by atoms with E-state index in [2.05, 4.69) is 22.3 Å². The Labute approximate surface area is 156 Å². The number of carbonyl (C=O) groups is 1. The van der Waals surface area contributed by atoms with Crippen LogP contribution in [0, 0.1) is 0 Å². The van der Waals surface area contributed by atoms with Gasteiger partial charge in [0.05, 0.1) is 0 Å². The van der Waals surface area contributed by atoms with Gasteiger partial charge in [0.2, 0.25) is 0 Å². The predicted molar refractivity (Wildman–Crippen MR) is 105 cm³/mol. The van der Waals surface area contributed by atoms with Gasteiger partial charge in [0.25, 0.3) is 0 Å². The number of unbranched alkanes of at least 4 members (excludes halogenated alkanes) is 3. The average molecular weight is 367 g/mol. The van der Waals surface area contributed by atoms with Crippen molar-refractivity contribution in [3.63, 3.8) is 0 Å². The maximum Gasteiger partial charge on any atom is 0.407 e. The summed E-state index contributed by atoms with van der Waals surface area (Å²) in [7, 11) is 0. The Balaban J connectivity index is 1.59. The lowest BCUT2D eigenvalue weighted by molar-refractivity contribution is 0.0527. The van der Waals surface area contributed by atoms with Gasteiger partial charge in [0.15, 0.2) is 0 Å². The minimum Gasteiger partial charge on any atom is -0.444 e. The fourth-order valence-electron chi connectivity index (χ4n) is 3.16. The monoisotopic (exact) mass is 366 g/mol. The molecule has 0 saturated carbocycles. The average Bonchev–Trinajstić information content (AvgIpc) is 2.52. The van der Waals surface area contributed by atoms with Gasteiger partial charge in [-0.15, -0.1) is 0 Å². The van der Waals surface area contributed by atoms with Gasteiger partial charge < -0.3 is 15.0 Å². The molecule has 140 valence electrons. The number of carbonyl (C=O) groups excluding carboxylic acids is 1. The number of halogens is 1. The van der Waals surface area contributed by atoms with Crippen LogP contribution in [-0.4, -0.2) is 31.3 Å². The molecule has 5 heteroatoms. The highest BCUT2D eigenvalue weighted by Gasteiger charge is 2.17. The number of hydrogen-bond acceptors (Lipinski definition) is 3. The number of amides is 1. The van der Waals surface area contributed by atoms with Gasteiger partial charge in [-0.3, -0.25) is 0 Å². The Morgan fingerprint density at radius 1 is 1.24 bits per heavy atom. The lowest BCUT2D eigenvalue weighted by Gasteiger charge is -2.31. The van der Waals surface area contributed by atoms with Crippen LogP contribution < -0.4 is 10.2 Å². The summed E-state index contributed by atoms with van der Waals surface area (Å²) in [6.07, 6.45) is 6.47. The largest absolute Gasteiger partial charge is 0.444 e. The smallest absolute Gasteiger partial charge is 0.407 e. The second-order valence-corrected chi connectivity index (χ2v) is 8.14. The first-order chi connectivity index (χ1) is 11.8. The van der Waals surface area contributed by atoms with E-state index in [1.165, 1.54) is 30.5 Å². The van der Waals surface area contributed by atoms with E-state index in [1.54, 1.807) is 0 Å². The zero-order valence-corrected chi connectivity index (χ0v) is 16.5. The molecule has 1 amide bonds. The molecule has 2 rings (SSSR count). The molecule has 0 atom stereocenters. The van der Waals surface area contributed by atoms with E-state index in [-0.39, 0.29) is 6.09 Å². The van der Waals surface area contributed by atoms with E-state index in [4.69, 9.17) is 16.3 Å². The molecule has 1 N–H and O–H groups in total. The number of anilines is 1. The highest BCUT2D eigenvalue weighted by atomic mass is 35.5. The number of fused-ring (bicyclic) bond motifs is 1. The first kappa shape index (κ1) is 19.9. The Morgan fingerprint density at radius 2 is 2.00 bits per heavy atom. The SMILES string of the molecule is CC(C)(C)OC(=O)NCCCCCCN1CCCc2cc(Cl)ccc21. The first-order valence-corrected chi connectivity index (χ1v) is 9.73. The summed E-state index contributed by atoms with van der Waals surface area (Å²) < 4.78 is 5.22. The van der Waals surface area contributed by atoms with Gasteiger partial charge in [-0.05, 0) is 70.2 Å². The van der Waals surface area contributed by atoms with Crippen molar-refractivity contribution >= 4 is 23.4 Å². The van der Waals surface area contributed by atoms with Crippen LogP contribution in [0.1, 0.15) is 58.4 Å². The molecule has 0 bridgehead atoms. The molecule has 1 aromatic carbocycles. The number of benzene rings is 1. The van der Waals surface area contributed by atoms with Crippen LogP contribution in [0.2, 0.25) is 5.02 Å². The Morgan fingerprint density at radius 3 is 2.76 bits per heavy atom. The third-order valence-corrected chi connectivity index (χ3v) is 4.51. The number of nitrogens with one attached hydrogen (secondary N) is 1. The topological polar surface area (TPSA) is 41.6 Å². The second-order valence-electron chi connectivity index (χ2n) is 7.71. The number of ether oxygens (including phenoxy) is 1. The molecule has 1 aliphatic heterocycles. The summed E-state index contributed by atoms with van der Waals surface area (Å²) in [5.74, 6) is 0. The Kier molecular flexibility index (Phi) is 7.42. The van der Waals surface area contributed by atoms with Crippen molar-refractivity contribution < 1.29 is 9.53 Å². The molecule has 0 aromatic heterocycles. The molecule has 25 heavy (non-hydrogen) atoms. The molecule has 0 fully saturated rings. The van der Waals surface area contributed by atoms with Crippen molar-refractivity contribution in [2.75, 3.05) is 24.5 Å². The predicted octanol–water partition coefficient (Wildman–Crippen LogP) is 5.18. The molecule has 0 saturated heterocycles. The summed E-state index contributed by atoms with van der Waals surface area (Å²) >= 11 is 6.10. The molecule has 4 nitrogen and oxygen atoms in total. The van der Waals surface area contributed by atoms with Crippen LogP contribution in [-0.2, 0) is 11.2 Å². The first-order valence-electron chi connectivity index (χ1n) is 9.35. The van der Waals surface area contributed by atoms with Crippen molar-refractivity contribution in [1.82, 2.24) is 5.32 Å². The number of rotatable bonds is 7. The lowest BCUT2D eigenvalue weighted by atomic mass is 10.0. The van der Waals surface area contributed by atoms with E-state index in [1.807, 2.05) is 26.8 Å². The van der Waals surface area contributed by atoms with Crippen molar-refractivity contribution in [2.45, 2.75) is 64.9 Å². The summed E-state index contributed by atoms with van der Waals surface area (Å²) in [4.78, 5) is 14.0. The van der Waals surface area contributed by atoms with E-state index in [0.29, 0.717) is 6.54 Å². The molecule has 0 aliphatic carbocycles. The van der Waals surface area contributed by atoms with Crippen LogP contribution in [0.5, 0.6) is 0 Å². The fourth-order valence-corrected chi connectivity index (χ4v) is 3.36. The minimum absolute atomic E-state index is 0.323. The van der Waals surface area contributed by atoms with E-state index >= 15 is 0 Å². The summed E-state index contributed by atoms with van der Waals surface area (Å²) in [5.41, 5.74) is 2.29. The number of nitrogens with zero attached hydrogens (tertiary/aromatic N) is 1. The molecular formula is C20H31ClN2O2. The van der Waals surface area contributed by atoms with Gasteiger partial charge in [0, 0.05) is 30.3 Å². The molecule has 1 heterocycles. The Bertz CT molecular complexity index is 569. The zero-order chi connectivity index (χ0) is 18.3. The number of hydrogen-bond donors (Lipinski definition) is 1. The van der Waals surface area contributed by atoms with Gasteiger partial charge in [0.1, 0.15) is 5.60 Å². The van der Waals surface area contributed by atoms with Crippen LogP contribution in [0.3, 0.4) is 0 Å². The zero-order valence-electron chi connectivity index (χ0n) is 15.7. The van der Waals surface area contributed by atoms with Crippen molar-refractivity contribution in [1.29, 1.82) is 0 Å². The standard InChI is InChI=1S/C20H31ClN2O2/c1-20(2,3)25-19(24)22-12-6-4-5-7-13-23-14-8-9-16-15-17(21)10-11-18(16)23/h10-11,15H,4-9,12-14H2,1-3H3,(H,22,24). The van der Waals surface area contributed by atoms with Crippen LogP contribution in [0.15, 0.2) is 18.2 Å². The lowest BCUT2D eigenvalue weighted by Crippen LogP contribution is -2.33. The highest BCUT2D eigenvalue weighted by Crippen LogP contribution is 2.29. The minimum atomic E-state index is -0.432. The van der Waals surface area contributed by atoms with Gasteiger partial charge in [-0.25, -0.2) is 4.79 Å². The maximum atomic E-state index is 11.5. The summed E-state index contributed by atoms with van der Waals surface area (Å²) in [6, 6.07) is 6.24. The van der Waals surface area contributed by atoms with Gasteiger partial charge >= 0.3 is 6.09 Å². The molecule has 1 aromatic rings.